The number of hydrogen-bond donors (Lipinski definition) is 0. The Morgan fingerprint density at radius 3 is 2.90 bits per heavy atom. The summed E-state index contributed by atoms with van der Waals surface area (Å²) >= 11 is 0. The summed E-state index contributed by atoms with van der Waals surface area (Å²) in [4.78, 5) is 17.1. The molecule has 0 N–H and O–H groups in total. The van der Waals surface area contributed by atoms with Crippen molar-refractivity contribution < 1.29 is 9.53 Å². The van der Waals surface area contributed by atoms with Gasteiger partial charge in [0.05, 0.1) is 25.7 Å². The van der Waals surface area contributed by atoms with Gasteiger partial charge in [-0.2, -0.15) is 0 Å². The smallest absolute Gasteiger partial charge is 0.168 e. The summed E-state index contributed by atoms with van der Waals surface area (Å²) in [6.07, 6.45) is 4.08. The molecule has 106 valence electrons. The van der Waals surface area contributed by atoms with Crippen LogP contribution in [0.3, 0.4) is 0 Å². The summed E-state index contributed by atoms with van der Waals surface area (Å²) in [5, 5.41) is 0. The monoisotopic (exact) mass is 273 g/mol. The lowest BCUT2D eigenvalue weighted by molar-refractivity contribution is 0.111. The third-order valence-electron chi connectivity index (χ3n) is 3.34. The Morgan fingerprint density at radius 1 is 1.45 bits per heavy atom. The fraction of sp³-hybridized carbons (Fsp3) is 0.333. The van der Waals surface area contributed by atoms with E-state index in [1.54, 1.807) is 19.6 Å². The molecule has 20 heavy (non-hydrogen) atoms. The van der Waals surface area contributed by atoms with E-state index in [-0.39, 0.29) is 6.04 Å². The first kappa shape index (κ1) is 14.3. The molecule has 1 aromatic carbocycles. The van der Waals surface area contributed by atoms with Crippen LogP contribution in [0.4, 0.5) is 0 Å². The molecule has 1 atom stereocenters. The lowest BCUT2D eigenvalue weighted by Crippen LogP contribution is -2.25. The van der Waals surface area contributed by atoms with Crippen LogP contribution in [-0.2, 0) is 6.54 Å². The van der Waals surface area contributed by atoms with Gasteiger partial charge in [0, 0.05) is 6.54 Å². The van der Waals surface area contributed by atoms with Gasteiger partial charge in [-0.15, -0.1) is 0 Å². The molecule has 0 aliphatic carbocycles. The van der Waals surface area contributed by atoms with Gasteiger partial charge in [-0.25, -0.2) is 4.98 Å². The van der Waals surface area contributed by atoms with E-state index >= 15 is 0 Å². The topological polar surface area (TPSA) is 47.4 Å². The number of hydrogen-bond acceptors (Lipinski definition) is 4. The quantitative estimate of drug-likeness (QED) is 0.755. The average molecular weight is 273 g/mol. The minimum Gasteiger partial charge on any atom is -0.497 e. The van der Waals surface area contributed by atoms with Gasteiger partial charge in [0.25, 0.3) is 0 Å². The first-order chi connectivity index (χ1) is 9.65. The van der Waals surface area contributed by atoms with Crippen molar-refractivity contribution in [1.29, 1.82) is 0 Å². The first-order valence-corrected chi connectivity index (χ1v) is 6.41. The second kappa shape index (κ2) is 6.34. The predicted octanol–water partition coefficient (Wildman–Crippen LogP) is 2.01. The molecular weight excluding hydrogens is 254 g/mol. The van der Waals surface area contributed by atoms with Gasteiger partial charge < -0.3 is 14.2 Å². The highest BCUT2D eigenvalue weighted by molar-refractivity contribution is 5.71. The van der Waals surface area contributed by atoms with Crippen LogP contribution in [0.1, 0.15) is 22.1 Å². The molecule has 0 fully saturated rings. The predicted molar refractivity (Wildman–Crippen MR) is 77.0 cm³/mol. The molecule has 0 aliphatic rings. The molecule has 1 aromatic heterocycles. The Balaban J connectivity index is 2.29. The highest BCUT2D eigenvalue weighted by Gasteiger charge is 2.16. The Hall–Kier alpha value is -2.14. The van der Waals surface area contributed by atoms with E-state index in [0.29, 0.717) is 12.2 Å². The van der Waals surface area contributed by atoms with Crippen molar-refractivity contribution in [2.45, 2.75) is 12.6 Å². The number of benzene rings is 1. The molecule has 0 saturated carbocycles. The summed E-state index contributed by atoms with van der Waals surface area (Å²) in [5.74, 6) is 0.829. The molecule has 0 saturated heterocycles. The lowest BCUT2D eigenvalue weighted by atomic mass is 10.1. The molecule has 2 rings (SSSR count). The van der Waals surface area contributed by atoms with Gasteiger partial charge in [-0.1, -0.05) is 12.1 Å². The van der Waals surface area contributed by atoms with Crippen molar-refractivity contribution in [3.8, 4) is 5.75 Å². The number of carbonyl (C=O) groups excluding carboxylic acids is 1. The highest BCUT2D eigenvalue weighted by Crippen LogP contribution is 2.24. The van der Waals surface area contributed by atoms with Crippen LogP contribution in [0, 0.1) is 0 Å². The van der Waals surface area contributed by atoms with Crippen molar-refractivity contribution in [1.82, 2.24) is 14.5 Å². The van der Waals surface area contributed by atoms with Crippen molar-refractivity contribution >= 4 is 6.29 Å². The molecule has 0 aliphatic heterocycles. The third-order valence-corrected chi connectivity index (χ3v) is 3.34. The van der Waals surface area contributed by atoms with Gasteiger partial charge in [0.15, 0.2) is 6.29 Å². The zero-order valence-electron chi connectivity index (χ0n) is 12.0. The number of carbonyl (C=O) groups is 1. The Bertz CT molecular complexity index is 578. The maximum Gasteiger partial charge on any atom is 0.168 e. The van der Waals surface area contributed by atoms with Crippen LogP contribution in [0.25, 0.3) is 0 Å². The fourth-order valence-electron chi connectivity index (χ4n) is 2.18. The molecular formula is C15H19N3O2. The zero-order valence-corrected chi connectivity index (χ0v) is 12.0. The molecule has 2 aromatic rings. The molecule has 5 heteroatoms. The molecule has 1 heterocycles. The second-order valence-electron chi connectivity index (χ2n) is 4.84. The Kier molecular flexibility index (Phi) is 4.53. The largest absolute Gasteiger partial charge is 0.497 e. The first-order valence-electron chi connectivity index (χ1n) is 6.41. The van der Waals surface area contributed by atoms with Crippen LogP contribution in [0.5, 0.6) is 5.75 Å². The average Bonchev–Trinajstić information content (AvgIpc) is 2.91. The molecule has 0 radical (unpaired) electrons. The summed E-state index contributed by atoms with van der Waals surface area (Å²) < 4.78 is 7.13. The summed E-state index contributed by atoms with van der Waals surface area (Å²) in [7, 11) is 5.69. The SMILES string of the molecule is COc1cccc(C(Cn2cncc2C=O)N(C)C)c1. The van der Waals surface area contributed by atoms with E-state index in [2.05, 4.69) is 16.0 Å². The number of nitrogens with zero attached hydrogens (tertiary/aromatic N) is 3. The van der Waals surface area contributed by atoms with Gasteiger partial charge in [0.2, 0.25) is 0 Å². The second-order valence-corrected chi connectivity index (χ2v) is 4.84. The lowest BCUT2D eigenvalue weighted by Gasteiger charge is -2.25. The molecule has 5 nitrogen and oxygen atoms in total. The molecule has 0 bridgehead atoms. The number of ether oxygens (including phenoxy) is 1. The van der Waals surface area contributed by atoms with E-state index in [4.69, 9.17) is 4.74 Å². The Labute approximate surface area is 118 Å². The summed E-state index contributed by atoms with van der Waals surface area (Å²) in [6, 6.07) is 8.11. The zero-order chi connectivity index (χ0) is 14.5. The minimum absolute atomic E-state index is 0.137. The number of imidazole rings is 1. The van der Waals surface area contributed by atoms with Gasteiger partial charge >= 0.3 is 0 Å². The van der Waals surface area contributed by atoms with Gasteiger partial charge in [-0.3, -0.25) is 4.79 Å². The van der Waals surface area contributed by atoms with E-state index in [1.807, 2.05) is 36.9 Å². The van der Waals surface area contributed by atoms with Crippen LogP contribution in [0.15, 0.2) is 36.8 Å². The van der Waals surface area contributed by atoms with E-state index in [9.17, 15) is 4.79 Å². The van der Waals surface area contributed by atoms with Crippen LogP contribution >= 0.6 is 0 Å². The Morgan fingerprint density at radius 2 is 2.25 bits per heavy atom. The van der Waals surface area contributed by atoms with Gasteiger partial charge in [-0.05, 0) is 31.8 Å². The standard InChI is InChI=1S/C15H19N3O2/c1-17(2)15(9-18-11-16-8-13(18)10-19)12-5-4-6-14(7-12)20-3/h4-8,10-11,15H,9H2,1-3H3. The van der Waals surface area contributed by atoms with E-state index in [0.717, 1.165) is 17.6 Å². The van der Waals surface area contributed by atoms with Crippen LogP contribution < -0.4 is 4.74 Å². The number of rotatable bonds is 6. The van der Waals surface area contributed by atoms with Crippen molar-refractivity contribution in [2.75, 3.05) is 21.2 Å². The van der Waals surface area contributed by atoms with Gasteiger partial charge in [0.1, 0.15) is 11.4 Å². The summed E-state index contributed by atoms with van der Waals surface area (Å²) in [5.41, 5.74) is 1.72. The third kappa shape index (κ3) is 3.05. The molecule has 0 amide bonds. The minimum atomic E-state index is 0.137. The normalized spacial score (nSPS) is 12.4. The highest BCUT2D eigenvalue weighted by atomic mass is 16.5. The summed E-state index contributed by atoms with van der Waals surface area (Å²) in [6.45, 7) is 0.661. The van der Waals surface area contributed by atoms with Crippen molar-refractivity contribution in [3.05, 3.63) is 48.0 Å². The molecule has 0 spiro atoms. The maximum absolute atomic E-state index is 11.0. The van der Waals surface area contributed by atoms with E-state index in [1.165, 1.54) is 0 Å². The van der Waals surface area contributed by atoms with Crippen LogP contribution in [0.2, 0.25) is 0 Å². The fourth-order valence-corrected chi connectivity index (χ4v) is 2.18. The number of aldehydes is 1. The van der Waals surface area contributed by atoms with Crippen molar-refractivity contribution in [3.63, 3.8) is 0 Å². The van der Waals surface area contributed by atoms with Crippen LogP contribution in [-0.4, -0.2) is 41.9 Å². The maximum atomic E-state index is 11.0. The number of likely N-dealkylation sites (N-methyl/N-ethyl adjacent to an activating group) is 1. The molecule has 1 unspecified atom stereocenters. The number of aromatic nitrogens is 2. The van der Waals surface area contributed by atoms with E-state index < -0.39 is 0 Å². The number of methoxy groups -OCH3 is 1. The van der Waals surface area contributed by atoms with Crippen molar-refractivity contribution in [2.24, 2.45) is 0 Å².